The monoisotopic (exact) mass is 417 g/mol. The second-order valence-electron chi connectivity index (χ2n) is 5.17. The Morgan fingerprint density at radius 1 is 1.08 bits per heavy atom. The maximum Gasteiger partial charge on any atom is 0.345 e. The number of aromatic nitrogens is 1. The minimum absolute atomic E-state index is 0.391. The Kier molecular flexibility index (Phi) is 4.00. The first kappa shape index (κ1) is 15.6. The minimum Gasteiger partial charge on any atom is -0.422 e. The molecular formula is C18H9BrClNO2S. The van der Waals surface area contributed by atoms with E-state index in [4.69, 9.17) is 16.0 Å². The maximum absolute atomic E-state index is 12.3. The van der Waals surface area contributed by atoms with Crippen molar-refractivity contribution in [1.82, 2.24) is 4.98 Å². The molecule has 0 fully saturated rings. The van der Waals surface area contributed by atoms with Crippen molar-refractivity contribution >= 4 is 49.8 Å². The second kappa shape index (κ2) is 6.16. The Morgan fingerprint density at radius 3 is 2.67 bits per heavy atom. The number of hydrogen-bond donors (Lipinski definition) is 0. The number of halogens is 2. The van der Waals surface area contributed by atoms with Gasteiger partial charge in [-0.2, -0.15) is 0 Å². The Morgan fingerprint density at radius 2 is 1.88 bits per heavy atom. The van der Waals surface area contributed by atoms with Gasteiger partial charge in [0.25, 0.3) is 0 Å². The van der Waals surface area contributed by atoms with Crippen LogP contribution in [0.2, 0.25) is 5.02 Å². The second-order valence-corrected chi connectivity index (χ2v) is 7.38. The molecule has 4 rings (SSSR count). The largest absolute Gasteiger partial charge is 0.422 e. The quantitative estimate of drug-likeness (QED) is 0.375. The molecule has 6 heteroatoms. The van der Waals surface area contributed by atoms with Crippen LogP contribution in [0, 0.1) is 0 Å². The van der Waals surface area contributed by atoms with Gasteiger partial charge >= 0.3 is 5.63 Å². The van der Waals surface area contributed by atoms with Gasteiger partial charge in [-0.1, -0.05) is 39.7 Å². The maximum atomic E-state index is 12.3. The summed E-state index contributed by atoms with van der Waals surface area (Å²) in [5.41, 5.74) is 2.19. The van der Waals surface area contributed by atoms with E-state index in [0.717, 1.165) is 20.4 Å². The van der Waals surface area contributed by atoms with Gasteiger partial charge in [0, 0.05) is 25.8 Å². The predicted molar refractivity (Wildman–Crippen MR) is 102 cm³/mol. The first-order chi connectivity index (χ1) is 11.6. The van der Waals surface area contributed by atoms with Crippen LogP contribution in [0.5, 0.6) is 0 Å². The van der Waals surface area contributed by atoms with Crippen LogP contribution >= 0.6 is 38.9 Å². The van der Waals surface area contributed by atoms with Crippen molar-refractivity contribution in [3.05, 3.63) is 73.8 Å². The van der Waals surface area contributed by atoms with Crippen molar-refractivity contribution in [3.63, 3.8) is 0 Å². The van der Waals surface area contributed by atoms with Gasteiger partial charge in [0.15, 0.2) is 0 Å². The highest BCUT2D eigenvalue weighted by molar-refractivity contribution is 9.10. The summed E-state index contributed by atoms with van der Waals surface area (Å²) in [6, 6.07) is 14.8. The molecule has 0 saturated carbocycles. The van der Waals surface area contributed by atoms with Crippen molar-refractivity contribution in [2.75, 3.05) is 0 Å². The van der Waals surface area contributed by atoms with Crippen molar-refractivity contribution in [3.8, 4) is 21.8 Å². The van der Waals surface area contributed by atoms with Crippen LogP contribution in [0.1, 0.15) is 0 Å². The minimum atomic E-state index is -0.391. The van der Waals surface area contributed by atoms with E-state index < -0.39 is 5.63 Å². The van der Waals surface area contributed by atoms with E-state index in [1.807, 2.05) is 47.8 Å². The van der Waals surface area contributed by atoms with Gasteiger partial charge in [0.05, 0.1) is 11.3 Å². The van der Waals surface area contributed by atoms with E-state index in [2.05, 4.69) is 20.9 Å². The van der Waals surface area contributed by atoms with Crippen molar-refractivity contribution in [2.45, 2.75) is 0 Å². The molecule has 0 spiro atoms. The number of benzene rings is 2. The lowest BCUT2D eigenvalue weighted by Crippen LogP contribution is -2.02. The fraction of sp³-hybridized carbons (Fsp3) is 0. The zero-order chi connectivity index (χ0) is 16.7. The standard InChI is InChI=1S/C18H9BrClNO2S/c19-12-3-6-16-11(7-12)8-14(18(22)23-16)15-9-24-17(21-15)10-1-4-13(20)5-2-10/h1-9H. The Hall–Kier alpha value is -1.95. The summed E-state index contributed by atoms with van der Waals surface area (Å²) in [4.78, 5) is 16.9. The third-order valence-electron chi connectivity index (χ3n) is 3.57. The molecule has 0 radical (unpaired) electrons. The summed E-state index contributed by atoms with van der Waals surface area (Å²) in [5.74, 6) is 0. The van der Waals surface area contributed by atoms with Crippen LogP contribution in [-0.2, 0) is 0 Å². The van der Waals surface area contributed by atoms with Crippen LogP contribution in [0.3, 0.4) is 0 Å². The fourth-order valence-electron chi connectivity index (χ4n) is 2.40. The van der Waals surface area contributed by atoms with Gasteiger partial charge in [-0.25, -0.2) is 9.78 Å². The smallest absolute Gasteiger partial charge is 0.345 e. The molecule has 0 atom stereocenters. The highest BCUT2D eigenvalue weighted by Gasteiger charge is 2.12. The highest BCUT2D eigenvalue weighted by atomic mass is 79.9. The van der Waals surface area contributed by atoms with Gasteiger partial charge in [0.1, 0.15) is 10.6 Å². The Balaban J connectivity index is 1.81. The lowest BCUT2D eigenvalue weighted by atomic mass is 10.1. The summed E-state index contributed by atoms with van der Waals surface area (Å²) in [6.07, 6.45) is 0. The molecule has 0 amide bonds. The molecular weight excluding hydrogens is 410 g/mol. The van der Waals surface area contributed by atoms with Gasteiger partial charge < -0.3 is 4.42 Å². The van der Waals surface area contributed by atoms with Crippen LogP contribution in [0.25, 0.3) is 32.8 Å². The average Bonchev–Trinajstić information content (AvgIpc) is 3.05. The molecule has 2 heterocycles. The molecule has 0 N–H and O–H groups in total. The first-order valence-electron chi connectivity index (χ1n) is 7.05. The lowest BCUT2D eigenvalue weighted by molar-refractivity contribution is 0.563. The molecule has 2 aromatic carbocycles. The fourth-order valence-corrected chi connectivity index (χ4v) is 3.73. The van der Waals surface area contributed by atoms with Crippen LogP contribution < -0.4 is 5.63 Å². The van der Waals surface area contributed by atoms with Crippen molar-refractivity contribution in [2.24, 2.45) is 0 Å². The van der Waals surface area contributed by atoms with Crippen molar-refractivity contribution < 1.29 is 4.42 Å². The number of fused-ring (bicyclic) bond motifs is 1. The average molecular weight is 419 g/mol. The molecule has 24 heavy (non-hydrogen) atoms. The number of thiazole rings is 1. The van der Waals surface area contributed by atoms with Gasteiger partial charge in [-0.05, 0) is 36.4 Å². The summed E-state index contributed by atoms with van der Waals surface area (Å²) >= 11 is 10.8. The lowest BCUT2D eigenvalue weighted by Gasteiger charge is -2.00. The number of nitrogens with zero attached hydrogens (tertiary/aromatic N) is 1. The van der Waals surface area contributed by atoms with E-state index in [0.29, 0.717) is 21.9 Å². The van der Waals surface area contributed by atoms with Crippen LogP contribution in [0.4, 0.5) is 0 Å². The molecule has 0 bridgehead atoms. The van der Waals surface area contributed by atoms with E-state index in [1.54, 1.807) is 6.07 Å². The zero-order valence-electron chi connectivity index (χ0n) is 12.1. The molecule has 2 aromatic heterocycles. The predicted octanol–water partition coefficient (Wildman–Crippen LogP) is 6.00. The summed E-state index contributed by atoms with van der Waals surface area (Å²) in [6.45, 7) is 0. The third kappa shape index (κ3) is 2.90. The highest BCUT2D eigenvalue weighted by Crippen LogP contribution is 2.30. The van der Waals surface area contributed by atoms with Gasteiger partial charge in [0.2, 0.25) is 0 Å². The Labute approximate surface area is 154 Å². The zero-order valence-corrected chi connectivity index (χ0v) is 15.3. The van der Waals surface area contributed by atoms with E-state index >= 15 is 0 Å². The number of hydrogen-bond acceptors (Lipinski definition) is 4. The molecule has 118 valence electrons. The molecule has 0 unspecified atom stereocenters. The van der Waals surface area contributed by atoms with Crippen LogP contribution in [0.15, 0.2) is 67.6 Å². The molecule has 3 nitrogen and oxygen atoms in total. The SMILES string of the molecule is O=c1oc2ccc(Br)cc2cc1-c1csc(-c2ccc(Cl)cc2)n1. The molecule has 4 aromatic rings. The summed E-state index contributed by atoms with van der Waals surface area (Å²) in [7, 11) is 0. The normalized spacial score (nSPS) is 11.1. The topological polar surface area (TPSA) is 43.1 Å². The summed E-state index contributed by atoms with van der Waals surface area (Å²) in [5, 5.41) is 4.21. The van der Waals surface area contributed by atoms with Crippen LogP contribution in [-0.4, -0.2) is 4.98 Å². The molecule has 0 aliphatic heterocycles. The molecule has 0 saturated heterocycles. The molecule has 0 aliphatic carbocycles. The van der Waals surface area contributed by atoms with E-state index in [-0.39, 0.29) is 0 Å². The summed E-state index contributed by atoms with van der Waals surface area (Å²) < 4.78 is 6.33. The van der Waals surface area contributed by atoms with Gasteiger partial charge in [-0.15, -0.1) is 11.3 Å². The van der Waals surface area contributed by atoms with E-state index in [9.17, 15) is 4.79 Å². The Bertz CT molecular complexity index is 1100. The van der Waals surface area contributed by atoms with E-state index in [1.165, 1.54) is 11.3 Å². The first-order valence-corrected chi connectivity index (χ1v) is 9.10. The van der Waals surface area contributed by atoms with Gasteiger partial charge in [-0.3, -0.25) is 0 Å². The number of rotatable bonds is 2. The molecule has 0 aliphatic rings. The van der Waals surface area contributed by atoms with Crippen molar-refractivity contribution in [1.29, 1.82) is 0 Å². The third-order valence-corrected chi connectivity index (χ3v) is 5.20.